The molecule has 9 heteroatoms. The number of carbonyl (C=O) groups is 1. The summed E-state index contributed by atoms with van der Waals surface area (Å²) in [4.78, 5) is 16.0. The molecule has 2 atom stereocenters. The Balaban J connectivity index is 1.91. The molecule has 0 saturated carbocycles. The van der Waals surface area contributed by atoms with Crippen LogP contribution >= 0.6 is 47.8 Å². The van der Waals surface area contributed by atoms with Gasteiger partial charge in [0.15, 0.2) is 11.5 Å². The standard InChI is InChI=1S/C31H26Br3NO5/c1-37-26-13-17(14-27(38-2)30(26)39-3)28-22-15-19(33)7-11-24(22)35(21-9-5-18(32)6-10-21)25-12-8-20(34)16-23(25)29(28)31(36)40-4/h5-16,28-29H,1-4H3/t28-,29+/m0/s1. The molecule has 206 valence electrons. The van der Waals surface area contributed by atoms with Gasteiger partial charge >= 0.3 is 5.97 Å². The lowest BCUT2D eigenvalue weighted by atomic mass is 9.77. The molecule has 0 bridgehead atoms. The lowest BCUT2D eigenvalue weighted by Gasteiger charge is -2.28. The highest BCUT2D eigenvalue weighted by molar-refractivity contribution is 9.11. The number of hydrogen-bond acceptors (Lipinski definition) is 6. The van der Waals surface area contributed by atoms with Gasteiger partial charge in [0.05, 0.1) is 45.7 Å². The van der Waals surface area contributed by atoms with E-state index in [1.54, 1.807) is 21.3 Å². The van der Waals surface area contributed by atoms with Crippen molar-refractivity contribution in [1.29, 1.82) is 0 Å². The molecule has 1 heterocycles. The minimum atomic E-state index is -0.700. The number of fused-ring (bicyclic) bond motifs is 2. The van der Waals surface area contributed by atoms with Crippen LogP contribution < -0.4 is 19.1 Å². The summed E-state index contributed by atoms with van der Waals surface area (Å²) >= 11 is 10.9. The molecule has 0 aliphatic carbocycles. The Bertz CT molecular complexity index is 1550. The molecule has 0 aromatic heterocycles. The van der Waals surface area contributed by atoms with Crippen LogP contribution in [0.1, 0.15) is 28.5 Å². The molecule has 4 aromatic carbocycles. The Morgan fingerprint density at radius 3 is 1.73 bits per heavy atom. The second-order valence-corrected chi connectivity index (χ2v) is 11.9. The second-order valence-electron chi connectivity index (χ2n) is 9.16. The maximum Gasteiger partial charge on any atom is 0.314 e. The maximum atomic E-state index is 13.8. The average Bonchev–Trinajstić information content (AvgIpc) is 3.08. The van der Waals surface area contributed by atoms with Crippen molar-refractivity contribution >= 4 is 70.8 Å². The Morgan fingerprint density at radius 1 is 0.675 bits per heavy atom. The zero-order valence-corrected chi connectivity index (χ0v) is 27.0. The van der Waals surface area contributed by atoms with E-state index in [1.165, 1.54) is 7.11 Å². The molecule has 5 rings (SSSR count). The number of esters is 1. The van der Waals surface area contributed by atoms with E-state index in [0.29, 0.717) is 17.2 Å². The van der Waals surface area contributed by atoms with E-state index in [-0.39, 0.29) is 5.97 Å². The number of rotatable bonds is 6. The summed E-state index contributed by atoms with van der Waals surface area (Å²) in [5, 5.41) is 0. The van der Waals surface area contributed by atoms with Crippen LogP contribution in [0.15, 0.2) is 86.2 Å². The SMILES string of the molecule is COC(=O)[C@@H]1c2cc(Br)ccc2N(c2ccc(Br)cc2)c2ccc(Br)cc2[C@@H]1c1cc(OC)c(OC)c(OC)c1. The first-order chi connectivity index (χ1) is 19.3. The molecule has 0 radical (unpaired) electrons. The quantitative estimate of drug-likeness (QED) is 0.185. The predicted octanol–water partition coefficient (Wildman–Crippen LogP) is 8.87. The normalized spacial score (nSPS) is 15.9. The molecule has 40 heavy (non-hydrogen) atoms. The monoisotopic (exact) mass is 729 g/mol. The molecule has 1 aliphatic rings. The van der Waals surface area contributed by atoms with Gasteiger partial charge in [-0.1, -0.05) is 47.8 Å². The summed E-state index contributed by atoms with van der Waals surface area (Å²) in [6.07, 6.45) is 0. The largest absolute Gasteiger partial charge is 0.493 e. The van der Waals surface area contributed by atoms with Crippen molar-refractivity contribution in [2.24, 2.45) is 0 Å². The number of halogens is 3. The van der Waals surface area contributed by atoms with Crippen molar-refractivity contribution in [3.05, 3.63) is 103 Å². The lowest BCUT2D eigenvalue weighted by molar-refractivity contribution is -0.142. The summed E-state index contributed by atoms with van der Waals surface area (Å²) in [5.74, 6) is -0.0512. The number of hydrogen-bond donors (Lipinski definition) is 0. The first kappa shape index (κ1) is 28.5. The molecular weight excluding hydrogens is 706 g/mol. The molecule has 0 spiro atoms. The van der Waals surface area contributed by atoms with Gasteiger partial charge in [-0.05, 0) is 89.5 Å². The Kier molecular flexibility index (Phi) is 8.44. The van der Waals surface area contributed by atoms with E-state index in [2.05, 4.69) is 77.0 Å². The minimum absolute atomic E-state index is 0.360. The van der Waals surface area contributed by atoms with Crippen molar-refractivity contribution in [3.8, 4) is 17.2 Å². The molecule has 6 nitrogen and oxygen atoms in total. The van der Waals surface area contributed by atoms with Crippen LogP contribution in [0.3, 0.4) is 0 Å². The predicted molar refractivity (Wildman–Crippen MR) is 167 cm³/mol. The highest BCUT2D eigenvalue weighted by atomic mass is 79.9. The van der Waals surface area contributed by atoms with Gasteiger partial charge in [-0.2, -0.15) is 0 Å². The van der Waals surface area contributed by atoms with Crippen LogP contribution in [0.4, 0.5) is 17.1 Å². The van der Waals surface area contributed by atoms with Crippen molar-refractivity contribution < 1.29 is 23.7 Å². The summed E-state index contributed by atoms with van der Waals surface area (Å²) in [5.41, 5.74) is 5.31. The number of nitrogens with zero attached hydrogens (tertiary/aromatic N) is 1. The van der Waals surface area contributed by atoms with Crippen molar-refractivity contribution in [1.82, 2.24) is 0 Å². The molecular formula is C31H26Br3NO5. The first-order valence-corrected chi connectivity index (χ1v) is 14.7. The molecule has 4 aromatic rings. The third-order valence-electron chi connectivity index (χ3n) is 7.05. The van der Waals surface area contributed by atoms with E-state index in [9.17, 15) is 4.79 Å². The number of anilines is 3. The Labute approximate surface area is 258 Å². The van der Waals surface area contributed by atoms with Crippen molar-refractivity contribution in [3.63, 3.8) is 0 Å². The van der Waals surface area contributed by atoms with E-state index in [0.717, 1.165) is 47.2 Å². The van der Waals surface area contributed by atoms with E-state index in [4.69, 9.17) is 18.9 Å². The van der Waals surface area contributed by atoms with Gasteiger partial charge in [-0.15, -0.1) is 0 Å². The molecule has 1 aliphatic heterocycles. The first-order valence-electron chi connectivity index (χ1n) is 12.3. The van der Waals surface area contributed by atoms with Crippen LogP contribution in [0.25, 0.3) is 0 Å². The highest BCUT2D eigenvalue weighted by Gasteiger charge is 2.41. The fourth-order valence-corrected chi connectivity index (χ4v) is 6.38. The fourth-order valence-electron chi connectivity index (χ4n) is 5.36. The third kappa shape index (κ3) is 5.10. The number of methoxy groups -OCH3 is 4. The fraction of sp³-hybridized carbons (Fsp3) is 0.194. The van der Waals surface area contributed by atoms with Gasteiger partial charge in [0, 0.05) is 25.0 Å². The number of carbonyl (C=O) groups excluding carboxylic acids is 1. The van der Waals surface area contributed by atoms with Crippen LogP contribution in [0.5, 0.6) is 17.2 Å². The summed E-state index contributed by atoms with van der Waals surface area (Å²) in [6.45, 7) is 0. The average molecular weight is 732 g/mol. The molecule has 0 N–H and O–H groups in total. The van der Waals surface area contributed by atoms with Crippen molar-refractivity contribution in [2.75, 3.05) is 33.3 Å². The zero-order valence-electron chi connectivity index (χ0n) is 22.2. The summed E-state index contributed by atoms with van der Waals surface area (Å²) in [7, 11) is 6.15. The summed E-state index contributed by atoms with van der Waals surface area (Å²) < 4.78 is 25.2. The van der Waals surface area contributed by atoms with Gasteiger partial charge in [0.2, 0.25) is 5.75 Å². The zero-order chi connectivity index (χ0) is 28.6. The molecule has 0 unspecified atom stereocenters. The summed E-state index contributed by atoms with van der Waals surface area (Å²) in [6, 6.07) is 24.1. The highest BCUT2D eigenvalue weighted by Crippen LogP contribution is 2.55. The lowest BCUT2D eigenvalue weighted by Crippen LogP contribution is -2.22. The number of ether oxygens (including phenoxy) is 4. The molecule has 0 amide bonds. The number of benzene rings is 4. The maximum absolute atomic E-state index is 13.8. The third-order valence-corrected chi connectivity index (χ3v) is 8.57. The topological polar surface area (TPSA) is 57.2 Å². The molecule has 0 fully saturated rings. The van der Waals surface area contributed by atoms with E-state index in [1.807, 2.05) is 48.5 Å². The Hall–Kier alpha value is -3.01. The Morgan fingerprint density at radius 2 is 1.20 bits per heavy atom. The minimum Gasteiger partial charge on any atom is -0.493 e. The smallest absolute Gasteiger partial charge is 0.314 e. The molecule has 0 saturated heterocycles. The van der Waals surface area contributed by atoms with Crippen molar-refractivity contribution in [2.45, 2.75) is 11.8 Å². The van der Waals surface area contributed by atoms with Crippen LogP contribution in [0, 0.1) is 0 Å². The van der Waals surface area contributed by atoms with Crippen LogP contribution in [-0.4, -0.2) is 34.4 Å². The van der Waals surface area contributed by atoms with Gasteiger partial charge in [-0.3, -0.25) is 4.79 Å². The second kappa shape index (κ2) is 11.8. The van der Waals surface area contributed by atoms with Gasteiger partial charge < -0.3 is 23.8 Å². The van der Waals surface area contributed by atoms with Crippen LogP contribution in [0.2, 0.25) is 0 Å². The van der Waals surface area contributed by atoms with Gasteiger partial charge in [-0.25, -0.2) is 0 Å². The van der Waals surface area contributed by atoms with Crippen LogP contribution in [-0.2, 0) is 9.53 Å². The van der Waals surface area contributed by atoms with E-state index >= 15 is 0 Å². The van der Waals surface area contributed by atoms with Gasteiger partial charge in [0.25, 0.3) is 0 Å². The van der Waals surface area contributed by atoms with E-state index < -0.39 is 11.8 Å². The van der Waals surface area contributed by atoms with Gasteiger partial charge in [0.1, 0.15) is 0 Å².